The lowest BCUT2D eigenvalue weighted by Crippen LogP contribution is -2.14. The summed E-state index contributed by atoms with van der Waals surface area (Å²) in [5.41, 5.74) is 2.39. The lowest BCUT2D eigenvalue weighted by Gasteiger charge is -2.21. The van der Waals surface area contributed by atoms with Crippen LogP contribution in [-0.2, 0) is 24.4 Å². The van der Waals surface area contributed by atoms with Gasteiger partial charge in [-0.1, -0.05) is 38.5 Å². The van der Waals surface area contributed by atoms with Gasteiger partial charge in [0.25, 0.3) is 0 Å². The zero-order valence-electron chi connectivity index (χ0n) is 18.7. The van der Waals surface area contributed by atoms with E-state index in [0.29, 0.717) is 16.8 Å². The molecule has 2 aromatic carbocycles. The molecular formula is C25H29FN2O4S. The summed E-state index contributed by atoms with van der Waals surface area (Å²) in [6.07, 6.45) is 11.0. The highest BCUT2D eigenvalue weighted by atomic mass is 32.2. The van der Waals surface area contributed by atoms with Crippen LogP contribution in [0.3, 0.4) is 0 Å². The lowest BCUT2D eigenvalue weighted by atomic mass is 9.85. The van der Waals surface area contributed by atoms with Gasteiger partial charge in [0.15, 0.2) is 0 Å². The van der Waals surface area contributed by atoms with E-state index in [-0.39, 0.29) is 5.56 Å². The minimum absolute atomic E-state index is 0.0593. The number of hydrogen-bond donors (Lipinski definition) is 2. The van der Waals surface area contributed by atoms with Gasteiger partial charge in [-0.2, -0.15) is 0 Å². The van der Waals surface area contributed by atoms with Crippen LogP contribution in [0.4, 0.5) is 15.8 Å². The van der Waals surface area contributed by atoms with Crippen molar-refractivity contribution in [3.63, 3.8) is 0 Å². The predicted octanol–water partition coefficient (Wildman–Crippen LogP) is 5.58. The second-order valence-electron chi connectivity index (χ2n) is 8.88. The normalized spacial score (nSPS) is 14.8. The molecule has 1 aromatic heterocycles. The largest absolute Gasteiger partial charge is 0.478 e. The molecule has 33 heavy (non-hydrogen) atoms. The number of thiol groups is 1. The van der Waals surface area contributed by atoms with Crippen molar-refractivity contribution < 1.29 is 22.7 Å². The van der Waals surface area contributed by atoms with Crippen molar-refractivity contribution in [2.75, 3.05) is 4.31 Å². The standard InChI is InChI=1S/C25H29FN2O4S/c1-27-16-23(28(33(31)32)21-12-10-18(11-13-21)25(29)30)22-15-20(26)14-19(24(22)27)9-5-8-17-6-3-2-4-7-17/h10-17,33H,2-9H2,1H3,(H,29,30). The van der Waals surface area contributed by atoms with E-state index < -0.39 is 22.7 Å². The molecule has 0 amide bonds. The fourth-order valence-corrected chi connectivity index (χ4v) is 5.73. The number of hydrogen-bond acceptors (Lipinski definition) is 3. The molecule has 4 rings (SSSR count). The number of nitrogens with zero attached hydrogens (tertiary/aromatic N) is 2. The van der Waals surface area contributed by atoms with Gasteiger partial charge in [0.2, 0.25) is 10.9 Å². The molecule has 0 saturated heterocycles. The van der Waals surface area contributed by atoms with Crippen LogP contribution in [0.25, 0.3) is 10.9 Å². The molecule has 0 bridgehead atoms. The summed E-state index contributed by atoms with van der Waals surface area (Å²) in [5, 5.41) is 9.64. The SMILES string of the molecule is Cn1cc(N(c2ccc(C(=O)O)cc2)[SH](=O)=O)c2cc(F)cc(CCCC3CCCCC3)c21. The summed E-state index contributed by atoms with van der Waals surface area (Å²) < 4.78 is 42.0. The van der Waals surface area contributed by atoms with E-state index in [4.69, 9.17) is 5.11 Å². The number of carboxylic acids is 1. The molecule has 0 aliphatic heterocycles. The number of aromatic nitrogens is 1. The van der Waals surface area contributed by atoms with E-state index in [1.165, 1.54) is 62.4 Å². The van der Waals surface area contributed by atoms with Gasteiger partial charge in [0.1, 0.15) is 5.82 Å². The molecule has 176 valence electrons. The highest BCUT2D eigenvalue weighted by molar-refractivity contribution is 7.74. The van der Waals surface area contributed by atoms with E-state index in [0.717, 1.165) is 40.6 Å². The molecule has 0 unspecified atom stereocenters. The van der Waals surface area contributed by atoms with Crippen LogP contribution in [-0.4, -0.2) is 24.1 Å². The Kier molecular flexibility index (Phi) is 7.02. The fraction of sp³-hybridized carbons (Fsp3) is 0.400. The van der Waals surface area contributed by atoms with Crippen molar-refractivity contribution in [1.82, 2.24) is 4.57 Å². The summed E-state index contributed by atoms with van der Waals surface area (Å²) in [5.74, 6) is -0.741. The van der Waals surface area contributed by atoms with Crippen LogP contribution in [0, 0.1) is 11.7 Å². The van der Waals surface area contributed by atoms with Gasteiger partial charge in [0, 0.05) is 18.6 Å². The number of aryl methyl sites for hydroxylation is 2. The maximum absolute atomic E-state index is 14.6. The second-order valence-corrected chi connectivity index (χ2v) is 9.76. The molecular weight excluding hydrogens is 443 g/mol. The third kappa shape index (κ3) is 5.05. The molecule has 0 atom stereocenters. The average Bonchev–Trinajstić information content (AvgIpc) is 3.10. The Hall–Kier alpha value is -2.87. The minimum Gasteiger partial charge on any atom is -0.478 e. The van der Waals surface area contributed by atoms with Crippen LogP contribution < -0.4 is 4.31 Å². The first-order chi connectivity index (χ1) is 15.8. The van der Waals surface area contributed by atoms with Gasteiger partial charge in [-0.05, 0) is 60.7 Å². The Bertz CT molecular complexity index is 1220. The van der Waals surface area contributed by atoms with Crippen LogP contribution in [0.1, 0.15) is 60.9 Å². The lowest BCUT2D eigenvalue weighted by molar-refractivity contribution is 0.0697. The number of aromatic carboxylic acids is 1. The Morgan fingerprint density at radius 3 is 2.48 bits per heavy atom. The molecule has 1 fully saturated rings. The summed E-state index contributed by atoms with van der Waals surface area (Å²) in [6, 6.07) is 8.51. The zero-order chi connectivity index (χ0) is 23.5. The second kappa shape index (κ2) is 9.95. The Morgan fingerprint density at radius 1 is 1.15 bits per heavy atom. The molecule has 0 spiro atoms. The quantitative estimate of drug-likeness (QED) is 0.419. The van der Waals surface area contributed by atoms with E-state index in [9.17, 15) is 17.6 Å². The molecule has 1 heterocycles. The molecule has 1 aliphatic carbocycles. The van der Waals surface area contributed by atoms with Crippen molar-refractivity contribution >= 4 is 39.1 Å². The number of halogens is 1. The van der Waals surface area contributed by atoms with Crippen molar-refractivity contribution in [3.05, 3.63) is 59.5 Å². The van der Waals surface area contributed by atoms with E-state index in [1.807, 2.05) is 11.6 Å². The van der Waals surface area contributed by atoms with E-state index >= 15 is 0 Å². The van der Waals surface area contributed by atoms with E-state index in [1.54, 1.807) is 12.3 Å². The van der Waals surface area contributed by atoms with Crippen LogP contribution in [0.15, 0.2) is 42.6 Å². The highest BCUT2D eigenvalue weighted by Crippen LogP contribution is 2.37. The van der Waals surface area contributed by atoms with Crippen molar-refractivity contribution in [2.45, 2.75) is 51.4 Å². The first-order valence-electron chi connectivity index (χ1n) is 11.4. The van der Waals surface area contributed by atoms with Gasteiger partial charge in [0.05, 0.1) is 22.5 Å². The fourth-order valence-electron chi connectivity index (χ4n) is 5.07. The van der Waals surface area contributed by atoms with Crippen molar-refractivity contribution in [2.24, 2.45) is 13.0 Å². The smallest absolute Gasteiger partial charge is 0.335 e. The molecule has 6 nitrogen and oxygen atoms in total. The third-order valence-corrected chi connectivity index (χ3v) is 7.40. The minimum atomic E-state index is -3.09. The summed E-state index contributed by atoms with van der Waals surface area (Å²) in [7, 11) is -1.26. The van der Waals surface area contributed by atoms with Crippen molar-refractivity contribution in [3.8, 4) is 0 Å². The Balaban J connectivity index is 1.68. The number of anilines is 2. The maximum Gasteiger partial charge on any atom is 0.335 e. The predicted molar refractivity (Wildman–Crippen MR) is 128 cm³/mol. The Labute approximate surface area is 194 Å². The summed E-state index contributed by atoms with van der Waals surface area (Å²) in [4.78, 5) is 11.1. The van der Waals surface area contributed by atoms with Crippen molar-refractivity contribution in [1.29, 1.82) is 0 Å². The highest BCUT2D eigenvalue weighted by Gasteiger charge is 2.21. The number of fused-ring (bicyclic) bond motifs is 1. The van der Waals surface area contributed by atoms with E-state index in [2.05, 4.69) is 0 Å². The zero-order valence-corrected chi connectivity index (χ0v) is 19.6. The number of benzene rings is 2. The van der Waals surface area contributed by atoms with Gasteiger partial charge in [-0.25, -0.2) is 21.9 Å². The molecule has 1 saturated carbocycles. The van der Waals surface area contributed by atoms with Crippen LogP contribution in [0.2, 0.25) is 0 Å². The van der Waals surface area contributed by atoms with Crippen LogP contribution >= 0.6 is 0 Å². The monoisotopic (exact) mass is 472 g/mol. The molecule has 1 aliphatic rings. The first kappa shape index (κ1) is 23.3. The van der Waals surface area contributed by atoms with Gasteiger partial charge in [-0.15, -0.1) is 0 Å². The topological polar surface area (TPSA) is 79.6 Å². The van der Waals surface area contributed by atoms with Crippen LogP contribution in [0.5, 0.6) is 0 Å². The first-order valence-corrected chi connectivity index (χ1v) is 12.5. The Morgan fingerprint density at radius 2 is 1.85 bits per heavy atom. The van der Waals surface area contributed by atoms with Gasteiger partial charge < -0.3 is 9.67 Å². The summed E-state index contributed by atoms with van der Waals surface area (Å²) >= 11 is 0. The molecule has 0 radical (unpaired) electrons. The van der Waals surface area contributed by atoms with Gasteiger partial charge in [-0.3, -0.25) is 0 Å². The molecule has 3 aromatic rings. The average molecular weight is 473 g/mol. The number of carboxylic acid groups (broad SMARTS) is 1. The van der Waals surface area contributed by atoms with Gasteiger partial charge >= 0.3 is 5.97 Å². The molecule has 8 heteroatoms. The number of rotatable bonds is 8. The third-order valence-electron chi connectivity index (χ3n) is 6.63. The maximum atomic E-state index is 14.6. The summed E-state index contributed by atoms with van der Waals surface area (Å²) in [6.45, 7) is 0. The molecule has 1 N–H and O–H groups in total. The number of carbonyl (C=O) groups is 1.